The minimum absolute atomic E-state index is 0. The van der Waals surface area contributed by atoms with E-state index in [0.717, 1.165) is 24.3 Å². The maximum Gasteiger partial charge on any atom is 0.0171 e. The van der Waals surface area contributed by atoms with Gasteiger partial charge in [0.25, 0.3) is 0 Å². The van der Waals surface area contributed by atoms with Gasteiger partial charge in [0.1, 0.15) is 0 Å². The molecule has 0 amide bonds. The molecular weight excluding hydrogens is 853 g/mol. The van der Waals surface area contributed by atoms with Crippen LogP contribution in [0.3, 0.4) is 0 Å². The molecule has 0 spiro atoms. The van der Waals surface area contributed by atoms with E-state index in [1.807, 2.05) is 13.8 Å². The summed E-state index contributed by atoms with van der Waals surface area (Å²) in [6.07, 6.45) is 7.77. The van der Waals surface area contributed by atoms with Crippen LogP contribution in [0, 0.1) is 17.8 Å². The molecule has 0 bridgehead atoms. The predicted octanol–water partition coefficient (Wildman–Crippen LogP) is 16.4. The molecule has 416 valence electrons. The molecule has 1 aromatic rings. The molecule has 0 saturated carbocycles. The molecule has 0 radical (unpaired) electrons. The van der Waals surface area contributed by atoms with Gasteiger partial charge < -0.3 is 0 Å². The lowest BCUT2D eigenvalue weighted by Gasteiger charge is -2.43. The highest BCUT2D eigenvalue weighted by molar-refractivity contribution is 5.28. The van der Waals surface area contributed by atoms with E-state index in [4.69, 9.17) is 0 Å². The highest BCUT2D eigenvalue weighted by atomic mass is 15.3. The highest BCUT2D eigenvalue weighted by Crippen LogP contribution is 2.29. The lowest BCUT2D eigenvalue weighted by Crippen LogP contribution is -2.54. The van der Waals surface area contributed by atoms with Crippen LogP contribution in [0.5, 0.6) is 0 Å². The molecule has 6 nitrogen and oxygen atoms in total. The number of hydrogen-bond donors (Lipinski definition) is 0. The van der Waals surface area contributed by atoms with Gasteiger partial charge in [0.05, 0.1) is 0 Å². The first-order chi connectivity index (χ1) is 31.3. The van der Waals surface area contributed by atoms with E-state index in [1.165, 1.54) is 109 Å². The first kappa shape index (κ1) is 70.8. The Hall–Kier alpha value is -1.28. The molecule has 4 aliphatic heterocycles. The Balaban J connectivity index is 0. The second-order valence-corrected chi connectivity index (χ2v) is 28.0. The summed E-state index contributed by atoms with van der Waals surface area (Å²) in [5, 5.41) is 0. The third-order valence-electron chi connectivity index (χ3n) is 15.2. The normalized spacial score (nSPS) is 19.5. The number of piperazine rings is 1. The maximum absolute atomic E-state index is 2.62. The van der Waals surface area contributed by atoms with Gasteiger partial charge in [-0.2, -0.15) is 0 Å². The van der Waals surface area contributed by atoms with Crippen molar-refractivity contribution >= 4 is 0 Å². The summed E-state index contributed by atoms with van der Waals surface area (Å²) >= 11 is 0. The van der Waals surface area contributed by atoms with Crippen LogP contribution >= 0.6 is 0 Å². The first-order valence-electron chi connectivity index (χ1n) is 28.6. The average Bonchev–Trinajstić information content (AvgIpc) is 3.52. The topological polar surface area (TPSA) is 19.4 Å². The summed E-state index contributed by atoms with van der Waals surface area (Å²) in [4.78, 5) is 15.5. The number of rotatable bonds is 4. The van der Waals surface area contributed by atoms with Crippen LogP contribution in [-0.2, 0) is 5.41 Å². The number of piperidine rings is 1. The Labute approximate surface area is 442 Å². The number of hydrogen-bond acceptors (Lipinski definition) is 6. The van der Waals surface area contributed by atoms with Gasteiger partial charge >= 0.3 is 0 Å². The predicted molar refractivity (Wildman–Crippen MR) is 320 cm³/mol. The zero-order valence-electron chi connectivity index (χ0n) is 52.3. The van der Waals surface area contributed by atoms with Crippen molar-refractivity contribution in [1.82, 2.24) is 29.4 Å². The van der Waals surface area contributed by atoms with Gasteiger partial charge in [0.2, 0.25) is 0 Å². The fourth-order valence-corrected chi connectivity index (χ4v) is 9.59. The van der Waals surface area contributed by atoms with Crippen LogP contribution in [0.2, 0.25) is 0 Å². The smallest absolute Gasteiger partial charge is 0.0171 e. The van der Waals surface area contributed by atoms with Crippen LogP contribution in [0.4, 0.5) is 0 Å². The Kier molecular flexibility index (Phi) is 31.9. The van der Waals surface area contributed by atoms with Crippen LogP contribution < -0.4 is 0 Å². The first-order valence-corrected chi connectivity index (χ1v) is 28.6. The molecule has 0 aliphatic carbocycles. The molecule has 5 rings (SSSR count). The summed E-state index contributed by atoms with van der Waals surface area (Å²) in [6.45, 7) is 78.5. The minimum Gasteiger partial charge on any atom is -0.298 e. The van der Waals surface area contributed by atoms with Crippen molar-refractivity contribution in [2.45, 2.75) is 272 Å². The van der Waals surface area contributed by atoms with Crippen molar-refractivity contribution < 1.29 is 0 Å². The molecule has 1 aromatic carbocycles. The van der Waals surface area contributed by atoms with Gasteiger partial charge in [0.15, 0.2) is 0 Å². The van der Waals surface area contributed by atoms with Crippen LogP contribution in [-0.4, -0.2) is 142 Å². The number of likely N-dealkylation sites (tertiary alicyclic amines) is 1. The van der Waals surface area contributed by atoms with Gasteiger partial charge in [-0.25, -0.2) is 0 Å². The molecule has 70 heavy (non-hydrogen) atoms. The Morgan fingerprint density at radius 2 is 0.786 bits per heavy atom. The lowest BCUT2D eigenvalue weighted by molar-refractivity contribution is 0.0491. The van der Waals surface area contributed by atoms with Crippen molar-refractivity contribution in [3.05, 3.63) is 47.0 Å². The van der Waals surface area contributed by atoms with Gasteiger partial charge in [0, 0.05) is 86.1 Å². The van der Waals surface area contributed by atoms with Crippen LogP contribution in [0.25, 0.3) is 0 Å². The number of nitrogens with zero attached hydrogens (tertiary/aromatic N) is 6. The zero-order valence-corrected chi connectivity index (χ0v) is 52.3. The standard InChI is InChI=1S/C13H28N2.C13H20.C12H25N.C12H23N.C11H24N2.C2H6.CH4/c1-12(2,3)14-8-7-9-15(11-10-14)13(4,5)6;1-10(2)11-6-8-12(9-7-11)13(3,4)5;2*1-10(2)11-6-8-13(9-7-11)12(3,4)5;1-10(2)12-6-8-13(9-7-12)11(3,4)5;1-2;/h7-11H2,1-6H3;6-10H,1-5H3;10-11H,6-9H2,1-5H3;6,10H,7-9H2,1-5H3;10H,6-9H2,1-5H3;1-2H3;1H4. The van der Waals surface area contributed by atoms with Crippen LogP contribution in [0.15, 0.2) is 35.9 Å². The van der Waals surface area contributed by atoms with E-state index < -0.39 is 0 Å². The van der Waals surface area contributed by atoms with Crippen molar-refractivity contribution in [2.24, 2.45) is 17.8 Å². The fraction of sp³-hybridized carbons (Fsp3) is 0.875. The van der Waals surface area contributed by atoms with Crippen LogP contribution in [0.1, 0.15) is 244 Å². The molecule has 0 unspecified atom stereocenters. The molecule has 0 N–H and O–H groups in total. The molecule has 3 saturated heterocycles. The Morgan fingerprint density at radius 1 is 0.429 bits per heavy atom. The Morgan fingerprint density at radius 3 is 1.07 bits per heavy atom. The third kappa shape index (κ3) is 27.9. The third-order valence-corrected chi connectivity index (χ3v) is 15.2. The van der Waals surface area contributed by atoms with E-state index in [9.17, 15) is 0 Å². The maximum atomic E-state index is 2.62. The molecule has 0 aromatic heterocycles. The monoisotopic (exact) mass is 983 g/mol. The van der Waals surface area contributed by atoms with Gasteiger partial charge in [-0.05, 0) is 210 Å². The van der Waals surface area contributed by atoms with Crippen molar-refractivity contribution in [3.63, 3.8) is 0 Å². The lowest BCUT2D eigenvalue weighted by atomic mass is 9.85. The Bertz CT molecular complexity index is 1420. The van der Waals surface area contributed by atoms with Crippen molar-refractivity contribution in [1.29, 1.82) is 0 Å². The summed E-state index contributed by atoms with van der Waals surface area (Å²) < 4.78 is 0. The molecule has 6 heteroatoms. The van der Waals surface area contributed by atoms with Crippen molar-refractivity contribution in [3.8, 4) is 0 Å². The van der Waals surface area contributed by atoms with E-state index in [1.54, 1.807) is 5.57 Å². The van der Waals surface area contributed by atoms with Crippen molar-refractivity contribution in [2.75, 3.05) is 78.5 Å². The van der Waals surface area contributed by atoms with Gasteiger partial charge in [-0.3, -0.25) is 29.4 Å². The summed E-state index contributed by atoms with van der Waals surface area (Å²) in [7, 11) is 0. The minimum atomic E-state index is 0. The van der Waals surface area contributed by atoms with E-state index in [2.05, 4.69) is 240 Å². The van der Waals surface area contributed by atoms with E-state index >= 15 is 0 Å². The molecular formula is C64H130N6. The second kappa shape index (κ2) is 31.6. The second-order valence-electron chi connectivity index (χ2n) is 28.0. The largest absolute Gasteiger partial charge is 0.298 e. The molecule has 4 aliphatic rings. The highest BCUT2D eigenvalue weighted by Gasteiger charge is 2.30. The van der Waals surface area contributed by atoms with Gasteiger partial charge in [-0.15, -0.1) is 0 Å². The number of benzene rings is 1. The SMILES string of the molecule is C.CC.CC(C)(C)N1CCCN(C(C)(C)C)CC1.CC(C)C1=CCN(C(C)(C)C)CC1.CC(C)C1CCN(C(C)(C)C)CC1.CC(C)N1CCN(C(C)(C)C)CC1.CC(C)c1ccc(C(C)(C)C)cc1. The summed E-state index contributed by atoms with van der Waals surface area (Å²) in [6, 6.07) is 9.68. The van der Waals surface area contributed by atoms with E-state index in [-0.39, 0.29) is 12.8 Å². The molecule has 3 fully saturated rings. The quantitative estimate of drug-likeness (QED) is 0.278. The zero-order chi connectivity index (χ0) is 53.9. The molecule has 4 heterocycles. The summed E-state index contributed by atoms with van der Waals surface area (Å²) in [5.74, 6) is 3.22. The average molecular weight is 984 g/mol. The summed E-state index contributed by atoms with van der Waals surface area (Å²) in [5.41, 5.74) is 6.46. The molecule has 0 atom stereocenters. The van der Waals surface area contributed by atoms with Gasteiger partial charge in [-0.1, -0.05) is 120 Å². The van der Waals surface area contributed by atoms with E-state index in [0.29, 0.717) is 39.7 Å². The fourth-order valence-electron chi connectivity index (χ4n) is 9.59.